The van der Waals surface area contributed by atoms with Crippen LogP contribution in [0.15, 0.2) is 52.3 Å². The van der Waals surface area contributed by atoms with Crippen molar-refractivity contribution in [2.24, 2.45) is 5.73 Å². The molecule has 0 radical (unpaired) electrons. The predicted octanol–water partition coefficient (Wildman–Crippen LogP) is 3.61. The van der Waals surface area contributed by atoms with Crippen LogP contribution < -0.4 is 10.5 Å². The average molecular weight is 259 g/mol. The molecule has 0 spiro atoms. The van der Waals surface area contributed by atoms with Gasteiger partial charge in [-0.3, -0.25) is 0 Å². The Morgan fingerprint density at radius 1 is 1.06 bits per heavy atom. The average Bonchev–Trinajstić information content (AvgIpc) is 2.40. The number of hydrogen-bond acceptors (Lipinski definition) is 3. The first kappa shape index (κ1) is 13.0. The molecule has 0 atom stereocenters. The molecule has 0 aliphatic heterocycles. The van der Waals surface area contributed by atoms with Gasteiger partial charge in [0.15, 0.2) is 0 Å². The first-order valence-electron chi connectivity index (χ1n) is 5.84. The standard InChI is InChI=1S/C15H17NOS/c1-11-9-15(6-3-12(11)10-16)18-14-7-4-13(17-2)5-8-14/h3-9H,10,16H2,1-2H3. The Labute approximate surface area is 112 Å². The van der Waals surface area contributed by atoms with Gasteiger partial charge in [-0.15, -0.1) is 0 Å². The summed E-state index contributed by atoms with van der Waals surface area (Å²) in [5.41, 5.74) is 8.11. The van der Waals surface area contributed by atoms with Crippen LogP contribution in [0.1, 0.15) is 11.1 Å². The first-order chi connectivity index (χ1) is 8.72. The van der Waals surface area contributed by atoms with Crippen LogP contribution in [0.25, 0.3) is 0 Å². The van der Waals surface area contributed by atoms with E-state index in [9.17, 15) is 0 Å². The summed E-state index contributed by atoms with van der Waals surface area (Å²) in [4.78, 5) is 2.44. The highest BCUT2D eigenvalue weighted by Gasteiger charge is 2.01. The summed E-state index contributed by atoms with van der Waals surface area (Å²) < 4.78 is 5.15. The number of ether oxygens (including phenoxy) is 1. The summed E-state index contributed by atoms with van der Waals surface area (Å²) in [5.74, 6) is 0.883. The van der Waals surface area contributed by atoms with Crippen molar-refractivity contribution in [2.45, 2.75) is 23.3 Å². The van der Waals surface area contributed by atoms with Crippen molar-refractivity contribution in [3.05, 3.63) is 53.6 Å². The number of methoxy groups -OCH3 is 1. The molecule has 0 saturated heterocycles. The lowest BCUT2D eigenvalue weighted by Crippen LogP contribution is -1.98. The van der Waals surface area contributed by atoms with Crippen LogP contribution >= 0.6 is 11.8 Å². The van der Waals surface area contributed by atoms with Gasteiger partial charge in [-0.25, -0.2) is 0 Å². The molecular weight excluding hydrogens is 242 g/mol. The third-order valence-corrected chi connectivity index (χ3v) is 3.83. The highest BCUT2D eigenvalue weighted by Crippen LogP contribution is 2.30. The quantitative estimate of drug-likeness (QED) is 0.911. The van der Waals surface area contributed by atoms with Crippen LogP contribution in [-0.2, 0) is 6.54 Å². The zero-order valence-corrected chi connectivity index (χ0v) is 11.5. The third-order valence-electron chi connectivity index (χ3n) is 2.83. The Kier molecular flexibility index (Phi) is 4.28. The summed E-state index contributed by atoms with van der Waals surface area (Å²) in [6.07, 6.45) is 0. The molecule has 2 rings (SSSR count). The largest absolute Gasteiger partial charge is 0.497 e. The van der Waals surface area contributed by atoms with E-state index in [0.29, 0.717) is 6.54 Å². The number of rotatable bonds is 4. The molecule has 3 heteroatoms. The van der Waals surface area contributed by atoms with Gasteiger partial charge in [-0.2, -0.15) is 0 Å². The maximum atomic E-state index is 5.66. The molecule has 94 valence electrons. The lowest BCUT2D eigenvalue weighted by Gasteiger charge is -2.07. The number of nitrogens with two attached hydrogens (primary N) is 1. The topological polar surface area (TPSA) is 35.2 Å². The lowest BCUT2D eigenvalue weighted by molar-refractivity contribution is 0.414. The van der Waals surface area contributed by atoms with Gasteiger partial charge in [0, 0.05) is 16.3 Å². The number of aryl methyl sites for hydroxylation is 1. The molecule has 0 aliphatic rings. The SMILES string of the molecule is COc1ccc(Sc2ccc(CN)c(C)c2)cc1. The van der Waals surface area contributed by atoms with Crippen LogP contribution in [0.3, 0.4) is 0 Å². The molecular formula is C15H17NOS. The van der Waals surface area contributed by atoms with Gasteiger partial charge < -0.3 is 10.5 Å². The van der Waals surface area contributed by atoms with Gasteiger partial charge in [-0.05, 0) is 54.4 Å². The fourth-order valence-corrected chi connectivity index (χ4v) is 2.66. The summed E-state index contributed by atoms with van der Waals surface area (Å²) in [7, 11) is 1.68. The van der Waals surface area contributed by atoms with E-state index < -0.39 is 0 Å². The molecule has 2 aromatic rings. The van der Waals surface area contributed by atoms with E-state index in [4.69, 9.17) is 10.5 Å². The fourth-order valence-electron chi connectivity index (χ4n) is 1.74. The Hall–Kier alpha value is -1.45. The van der Waals surface area contributed by atoms with Gasteiger partial charge in [0.05, 0.1) is 7.11 Å². The highest BCUT2D eigenvalue weighted by atomic mass is 32.2. The minimum Gasteiger partial charge on any atom is -0.497 e. The van der Waals surface area contributed by atoms with Crippen molar-refractivity contribution < 1.29 is 4.74 Å². The molecule has 0 bridgehead atoms. The molecule has 0 unspecified atom stereocenters. The van der Waals surface area contributed by atoms with Gasteiger partial charge in [0.1, 0.15) is 5.75 Å². The number of hydrogen-bond donors (Lipinski definition) is 1. The summed E-state index contributed by atoms with van der Waals surface area (Å²) >= 11 is 1.74. The molecule has 2 nitrogen and oxygen atoms in total. The second-order valence-corrected chi connectivity index (χ2v) is 5.22. The second kappa shape index (κ2) is 5.94. The van der Waals surface area contributed by atoms with E-state index in [0.717, 1.165) is 5.75 Å². The monoisotopic (exact) mass is 259 g/mol. The minimum atomic E-state index is 0.597. The van der Waals surface area contributed by atoms with Gasteiger partial charge in [0.25, 0.3) is 0 Å². The molecule has 18 heavy (non-hydrogen) atoms. The zero-order valence-electron chi connectivity index (χ0n) is 10.6. The van der Waals surface area contributed by atoms with Crippen molar-refractivity contribution in [3.63, 3.8) is 0 Å². The van der Waals surface area contributed by atoms with Crippen LogP contribution in [0.5, 0.6) is 5.75 Å². The zero-order chi connectivity index (χ0) is 13.0. The number of benzene rings is 2. The summed E-state index contributed by atoms with van der Waals surface area (Å²) in [5, 5.41) is 0. The van der Waals surface area contributed by atoms with Crippen LogP contribution in [0.4, 0.5) is 0 Å². The van der Waals surface area contributed by atoms with Crippen LogP contribution in [-0.4, -0.2) is 7.11 Å². The van der Waals surface area contributed by atoms with Gasteiger partial charge in [0.2, 0.25) is 0 Å². The maximum Gasteiger partial charge on any atom is 0.118 e. The highest BCUT2D eigenvalue weighted by molar-refractivity contribution is 7.99. The minimum absolute atomic E-state index is 0.597. The summed E-state index contributed by atoms with van der Waals surface area (Å²) in [6.45, 7) is 2.69. The van der Waals surface area contributed by atoms with E-state index in [1.165, 1.54) is 20.9 Å². The van der Waals surface area contributed by atoms with E-state index in [1.807, 2.05) is 12.1 Å². The van der Waals surface area contributed by atoms with Crippen molar-refractivity contribution >= 4 is 11.8 Å². The first-order valence-corrected chi connectivity index (χ1v) is 6.66. The summed E-state index contributed by atoms with van der Waals surface area (Å²) in [6, 6.07) is 14.5. The van der Waals surface area contributed by atoms with Crippen molar-refractivity contribution in [1.29, 1.82) is 0 Å². The van der Waals surface area contributed by atoms with Gasteiger partial charge in [-0.1, -0.05) is 17.8 Å². The second-order valence-electron chi connectivity index (χ2n) is 4.07. The molecule has 2 aromatic carbocycles. The Morgan fingerprint density at radius 2 is 1.72 bits per heavy atom. The molecule has 0 amide bonds. The molecule has 0 aliphatic carbocycles. The lowest BCUT2D eigenvalue weighted by atomic mass is 10.1. The van der Waals surface area contributed by atoms with E-state index in [-0.39, 0.29) is 0 Å². The van der Waals surface area contributed by atoms with E-state index in [2.05, 4.69) is 37.3 Å². The van der Waals surface area contributed by atoms with Crippen molar-refractivity contribution in [3.8, 4) is 5.75 Å². The third kappa shape index (κ3) is 3.06. The molecule has 2 N–H and O–H groups in total. The smallest absolute Gasteiger partial charge is 0.118 e. The Balaban J connectivity index is 2.15. The molecule has 0 fully saturated rings. The fraction of sp³-hybridized carbons (Fsp3) is 0.200. The van der Waals surface area contributed by atoms with Crippen molar-refractivity contribution in [1.82, 2.24) is 0 Å². The Bertz CT molecular complexity index is 523. The van der Waals surface area contributed by atoms with Crippen molar-refractivity contribution in [2.75, 3.05) is 7.11 Å². The van der Waals surface area contributed by atoms with Crippen LogP contribution in [0.2, 0.25) is 0 Å². The van der Waals surface area contributed by atoms with Gasteiger partial charge >= 0.3 is 0 Å². The molecule has 0 aromatic heterocycles. The van der Waals surface area contributed by atoms with Crippen LogP contribution in [0, 0.1) is 6.92 Å². The maximum absolute atomic E-state index is 5.66. The van der Waals surface area contributed by atoms with E-state index in [1.54, 1.807) is 18.9 Å². The Morgan fingerprint density at radius 3 is 2.28 bits per heavy atom. The molecule has 0 heterocycles. The molecule has 0 saturated carbocycles. The predicted molar refractivity (Wildman–Crippen MR) is 76.2 cm³/mol. The normalized spacial score (nSPS) is 10.4. The van der Waals surface area contributed by atoms with E-state index >= 15 is 0 Å².